The topological polar surface area (TPSA) is 139 Å². The van der Waals surface area contributed by atoms with Crippen molar-refractivity contribution < 1.29 is 71.0 Å². The average Bonchev–Trinajstić information content (AvgIpc) is 2.81. The number of rotatable bonds is 16. The molecule has 0 aromatic rings. The molecule has 0 fully saturated rings. The van der Waals surface area contributed by atoms with Gasteiger partial charge >= 0.3 is 59.4 Å². The molecule has 0 aromatic heterocycles. The van der Waals surface area contributed by atoms with Crippen LogP contribution in [0.25, 0.3) is 0 Å². The second-order valence-electron chi connectivity index (χ2n) is 7.24. The van der Waals surface area contributed by atoms with Gasteiger partial charge in [-0.1, -0.05) is 20.8 Å². The number of hydrogen-bond donors (Lipinski definition) is 0. The summed E-state index contributed by atoms with van der Waals surface area (Å²) in [7, 11) is 0. The summed E-state index contributed by atoms with van der Waals surface area (Å²) in [5, 5.41) is 0. The van der Waals surface area contributed by atoms with Crippen molar-refractivity contribution in [2.45, 2.75) is 106 Å². The molecule has 0 aromatic carbocycles. The summed E-state index contributed by atoms with van der Waals surface area (Å²) in [6.07, 6.45) is 3.58. The van der Waals surface area contributed by atoms with Crippen molar-refractivity contribution >= 4 is 35.3 Å². The first kappa shape index (κ1) is 42.4. The van der Waals surface area contributed by atoms with E-state index in [1.807, 2.05) is 27.7 Å². The standard InChI is InChI=1S/3C8H14O3.C2H5O.Zr/c3*1-3-5-7(9)6-8(10)11-4-2;1-2-3;/h3*3-6H2,1-2H3;2H2,1H3;/q;;;-1;+1. The summed E-state index contributed by atoms with van der Waals surface area (Å²) >= 11 is 1.17. The Morgan fingerprint density at radius 1 is 0.459 bits per heavy atom. The first-order chi connectivity index (χ1) is 17.5. The Bertz CT molecular complexity index is 490. The third kappa shape index (κ3) is 41.6. The molecule has 0 aliphatic rings. The van der Waals surface area contributed by atoms with Crippen LogP contribution in [-0.4, -0.2) is 61.7 Å². The third-order valence-corrected chi connectivity index (χ3v) is 4.38. The fourth-order valence-electron chi connectivity index (χ4n) is 2.22. The molecular weight excluding hydrogens is 564 g/mol. The molecular formula is C26H47O10Zr. The fourth-order valence-corrected chi connectivity index (χ4v) is 2.22. The molecule has 0 rings (SSSR count). The Kier molecular flexibility index (Phi) is 39.2. The predicted molar refractivity (Wildman–Crippen MR) is 135 cm³/mol. The minimum absolute atomic E-state index is 0.0362. The van der Waals surface area contributed by atoms with E-state index in [9.17, 15) is 28.8 Å². The van der Waals surface area contributed by atoms with Gasteiger partial charge in [-0.05, 0) is 40.0 Å². The molecule has 0 bridgehead atoms. The van der Waals surface area contributed by atoms with Crippen LogP contribution in [0.15, 0.2) is 0 Å². The maximum atomic E-state index is 10.8. The third-order valence-electron chi connectivity index (χ3n) is 3.67. The Morgan fingerprint density at radius 2 is 0.676 bits per heavy atom. The Morgan fingerprint density at radius 3 is 0.811 bits per heavy atom. The molecule has 10 nitrogen and oxygen atoms in total. The van der Waals surface area contributed by atoms with Gasteiger partial charge in [-0.15, -0.1) is 0 Å². The van der Waals surface area contributed by atoms with E-state index in [0.717, 1.165) is 25.9 Å². The molecule has 215 valence electrons. The zero-order chi connectivity index (χ0) is 29.5. The van der Waals surface area contributed by atoms with E-state index < -0.39 is 17.9 Å². The van der Waals surface area contributed by atoms with Gasteiger partial charge in [0, 0.05) is 19.3 Å². The second kappa shape index (κ2) is 34.3. The van der Waals surface area contributed by atoms with E-state index in [-0.39, 0.29) is 36.6 Å². The molecule has 0 N–H and O–H groups in total. The monoisotopic (exact) mass is 609 g/mol. The number of ketones is 3. The number of carbonyl (C=O) groups excluding carboxylic acids is 6. The van der Waals surface area contributed by atoms with Gasteiger partial charge in [0.15, 0.2) is 0 Å². The molecule has 37 heavy (non-hydrogen) atoms. The molecule has 11 heteroatoms. The summed E-state index contributed by atoms with van der Waals surface area (Å²) in [5.74, 6) is -1.34. The Balaban J connectivity index is -0.000000205. The van der Waals surface area contributed by atoms with Crippen LogP contribution in [0.3, 0.4) is 0 Å². The van der Waals surface area contributed by atoms with E-state index in [2.05, 4.69) is 17.0 Å². The second-order valence-corrected chi connectivity index (χ2v) is 7.95. The Hall–Kier alpha value is -1.74. The molecule has 0 unspecified atom stereocenters. The van der Waals surface area contributed by atoms with Crippen molar-refractivity contribution in [1.82, 2.24) is 0 Å². The first-order valence-corrected chi connectivity index (χ1v) is 13.8. The number of hydrogen-bond acceptors (Lipinski definition) is 10. The fraction of sp³-hybridized carbons (Fsp3) is 0.769. The normalized spacial score (nSPS) is 9.03. The van der Waals surface area contributed by atoms with Crippen LogP contribution in [-0.2, 0) is 71.0 Å². The van der Waals surface area contributed by atoms with Crippen LogP contribution in [0, 0.1) is 0 Å². The minimum atomic E-state index is -0.411. The summed E-state index contributed by atoms with van der Waals surface area (Å²) in [6, 6.07) is 0. The van der Waals surface area contributed by atoms with Crippen molar-refractivity contribution in [1.29, 1.82) is 0 Å². The van der Waals surface area contributed by atoms with Gasteiger partial charge in [0.2, 0.25) is 0 Å². The number of Topliss-reactive ketones (excluding diaryl/α,β-unsaturated/α-hetero) is 3. The predicted octanol–water partition coefficient (Wildman–Crippen LogP) is 4.41. The molecule has 0 saturated carbocycles. The van der Waals surface area contributed by atoms with Crippen molar-refractivity contribution in [3.05, 3.63) is 0 Å². The van der Waals surface area contributed by atoms with Gasteiger partial charge < -0.3 is 14.2 Å². The van der Waals surface area contributed by atoms with E-state index in [1.54, 1.807) is 20.8 Å². The SMILES string of the molecule is CCCC(=O)CC(=O)OCC.CCCC(=O)CC(=O)OCC.CCCC(=O)CC(=O)OCC.CC[O][Zr]. The van der Waals surface area contributed by atoms with E-state index in [4.69, 9.17) is 0 Å². The van der Waals surface area contributed by atoms with Crippen molar-refractivity contribution in [2.75, 3.05) is 26.4 Å². The van der Waals surface area contributed by atoms with Crippen LogP contribution >= 0.6 is 0 Å². The van der Waals surface area contributed by atoms with Gasteiger partial charge in [-0.2, -0.15) is 0 Å². The van der Waals surface area contributed by atoms with Gasteiger partial charge in [-0.3, -0.25) is 28.8 Å². The Labute approximate surface area is 238 Å². The van der Waals surface area contributed by atoms with Gasteiger partial charge in [-0.25, -0.2) is 0 Å². The summed E-state index contributed by atoms with van der Waals surface area (Å²) in [5.41, 5.74) is 0. The van der Waals surface area contributed by atoms with Crippen LogP contribution < -0.4 is 0 Å². The summed E-state index contributed by atoms with van der Waals surface area (Å²) in [6.45, 7) is 14.8. The quantitative estimate of drug-likeness (QED) is 0.140. The summed E-state index contributed by atoms with van der Waals surface area (Å²) < 4.78 is 18.4. The number of ether oxygens (including phenoxy) is 3. The summed E-state index contributed by atoms with van der Waals surface area (Å²) in [4.78, 5) is 64.5. The average molecular weight is 611 g/mol. The zero-order valence-corrected chi connectivity index (χ0v) is 26.2. The molecule has 0 saturated heterocycles. The van der Waals surface area contributed by atoms with E-state index >= 15 is 0 Å². The molecule has 0 heterocycles. The van der Waals surface area contributed by atoms with Gasteiger partial charge in [0.05, 0.1) is 19.8 Å². The van der Waals surface area contributed by atoms with Gasteiger partial charge in [0.25, 0.3) is 0 Å². The molecule has 0 atom stereocenters. The number of carbonyl (C=O) groups is 6. The molecule has 0 aliphatic heterocycles. The van der Waals surface area contributed by atoms with Crippen LogP contribution in [0.5, 0.6) is 0 Å². The molecule has 0 amide bonds. The molecule has 0 aliphatic carbocycles. The van der Waals surface area contributed by atoms with Crippen LogP contribution in [0.1, 0.15) is 106 Å². The van der Waals surface area contributed by atoms with Crippen LogP contribution in [0.4, 0.5) is 0 Å². The van der Waals surface area contributed by atoms with Crippen LogP contribution in [0.2, 0.25) is 0 Å². The van der Waals surface area contributed by atoms with Crippen molar-refractivity contribution in [3.63, 3.8) is 0 Å². The maximum absolute atomic E-state index is 10.8. The molecule has 0 spiro atoms. The van der Waals surface area contributed by atoms with Crippen molar-refractivity contribution in [3.8, 4) is 0 Å². The zero-order valence-electron chi connectivity index (χ0n) is 23.8. The van der Waals surface area contributed by atoms with E-state index in [0.29, 0.717) is 39.1 Å². The van der Waals surface area contributed by atoms with E-state index in [1.165, 1.54) is 25.2 Å². The first-order valence-electron chi connectivity index (χ1n) is 12.8. The molecule has 0 radical (unpaired) electrons. The van der Waals surface area contributed by atoms with Crippen molar-refractivity contribution in [2.24, 2.45) is 0 Å². The number of esters is 3. The van der Waals surface area contributed by atoms with Gasteiger partial charge in [0.1, 0.15) is 36.6 Å².